The molecule has 19 heavy (non-hydrogen) atoms. The van der Waals surface area contributed by atoms with E-state index in [9.17, 15) is 5.11 Å². The summed E-state index contributed by atoms with van der Waals surface area (Å²) in [5.41, 5.74) is 2.05. The van der Waals surface area contributed by atoms with Crippen molar-refractivity contribution in [3.8, 4) is 5.75 Å². The molecule has 0 bridgehead atoms. The molecule has 0 unspecified atom stereocenters. The van der Waals surface area contributed by atoms with Crippen molar-refractivity contribution in [3.63, 3.8) is 0 Å². The molecule has 0 aliphatic carbocycles. The van der Waals surface area contributed by atoms with E-state index in [-0.39, 0.29) is 5.92 Å². The Morgan fingerprint density at radius 1 is 1.11 bits per heavy atom. The van der Waals surface area contributed by atoms with E-state index in [4.69, 9.17) is 16.3 Å². The number of aliphatic hydroxyl groups excluding tert-OH is 1. The number of halogens is 1. The van der Waals surface area contributed by atoms with E-state index in [2.05, 4.69) is 0 Å². The largest absolute Gasteiger partial charge is 0.493 e. The number of hydrogen-bond acceptors (Lipinski definition) is 2. The lowest BCUT2D eigenvalue weighted by Gasteiger charge is -2.30. The molecule has 0 radical (unpaired) electrons. The predicted octanol–water partition coefficient (Wildman–Crippen LogP) is 3.62. The Hall–Kier alpha value is -1.51. The van der Waals surface area contributed by atoms with Crippen LogP contribution in [0.5, 0.6) is 5.75 Å². The summed E-state index contributed by atoms with van der Waals surface area (Å²) in [6, 6.07) is 15.4. The Labute approximate surface area is 117 Å². The molecule has 0 saturated carbocycles. The van der Waals surface area contributed by atoms with Crippen molar-refractivity contribution in [1.82, 2.24) is 0 Å². The molecule has 0 saturated heterocycles. The monoisotopic (exact) mass is 274 g/mol. The minimum absolute atomic E-state index is 0.0797. The SMILES string of the molecule is O[C@H]1c2ccccc2OC[C@H]1Cc1ccc(Cl)cc1. The second-order valence-corrected chi connectivity index (χ2v) is 5.32. The van der Waals surface area contributed by atoms with Crippen LogP contribution >= 0.6 is 11.6 Å². The maximum absolute atomic E-state index is 10.4. The van der Waals surface area contributed by atoms with Crippen LogP contribution in [-0.4, -0.2) is 11.7 Å². The van der Waals surface area contributed by atoms with E-state index in [1.54, 1.807) is 0 Å². The van der Waals surface area contributed by atoms with Gasteiger partial charge in [-0.25, -0.2) is 0 Å². The third-order valence-electron chi connectivity index (χ3n) is 3.55. The molecule has 1 aliphatic rings. The minimum atomic E-state index is -0.472. The lowest BCUT2D eigenvalue weighted by atomic mass is 9.88. The van der Waals surface area contributed by atoms with Crippen molar-refractivity contribution in [3.05, 3.63) is 64.7 Å². The maximum Gasteiger partial charge on any atom is 0.125 e. The molecule has 1 N–H and O–H groups in total. The zero-order valence-corrected chi connectivity index (χ0v) is 11.2. The number of fused-ring (bicyclic) bond motifs is 1. The van der Waals surface area contributed by atoms with Crippen molar-refractivity contribution in [1.29, 1.82) is 0 Å². The maximum atomic E-state index is 10.4. The van der Waals surface area contributed by atoms with Gasteiger partial charge in [-0.3, -0.25) is 0 Å². The van der Waals surface area contributed by atoms with Gasteiger partial charge in [0.25, 0.3) is 0 Å². The standard InChI is InChI=1S/C16H15ClO2/c17-13-7-5-11(6-8-13)9-12-10-19-15-4-2-1-3-14(15)16(12)18/h1-8,12,16,18H,9-10H2/t12-,16-/m1/s1. The number of hydrogen-bond donors (Lipinski definition) is 1. The van der Waals surface area contributed by atoms with Crippen molar-refractivity contribution in [2.45, 2.75) is 12.5 Å². The van der Waals surface area contributed by atoms with Gasteiger partial charge in [-0.1, -0.05) is 41.9 Å². The van der Waals surface area contributed by atoms with Crippen molar-refractivity contribution >= 4 is 11.6 Å². The molecule has 0 aromatic heterocycles. The van der Waals surface area contributed by atoms with Gasteiger partial charge in [0.15, 0.2) is 0 Å². The smallest absolute Gasteiger partial charge is 0.125 e. The fourth-order valence-electron chi connectivity index (χ4n) is 2.49. The molecule has 1 aliphatic heterocycles. The molecule has 1 heterocycles. The quantitative estimate of drug-likeness (QED) is 0.906. The van der Waals surface area contributed by atoms with Crippen LogP contribution in [0.1, 0.15) is 17.2 Å². The first-order chi connectivity index (χ1) is 9.24. The van der Waals surface area contributed by atoms with Crippen molar-refractivity contribution in [2.24, 2.45) is 5.92 Å². The third-order valence-corrected chi connectivity index (χ3v) is 3.80. The molecule has 0 fully saturated rings. The second kappa shape index (κ2) is 5.24. The van der Waals surface area contributed by atoms with Crippen LogP contribution < -0.4 is 4.74 Å². The van der Waals surface area contributed by atoms with Gasteiger partial charge in [-0.05, 0) is 30.2 Å². The molecule has 3 heteroatoms. The second-order valence-electron chi connectivity index (χ2n) is 4.88. The highest BCUT2D eigenvalue weighted by atomic mass is 35.5. The normalized spacial score (nSPS) is 21.6. The number of rotatable bonds is 2. The van der Waals surface area contributed by atoms with E-state index >= 15 is 0 Å². The van der Waals surface area contributed by atoms with Gasteiger partial charge < -0.3 is 9.84 Å². The Kier molecular flexibility index (Phi) is 3.45. The van der Waals surface area contributed by atoms with E-state index in [0.29, 0.717) is 6.61 Å². The zero-order chi connectivity index (χ0) is 13.2. The highest BCUT2D eigenvalue weighted by molar-refractivity contribution is 6.30. The van der Waals surface area contributed by atoms with Gasteiger partial charge in [0, 0.05) is 16.5 Å². The fourth-order valence-corrected chi connectivity index (χ4v) is 2.62. The minimum Gasteiger partial charge on any atom is -0.493 e. The summed E-state index contributed by atoms with van der Waals surface area (Å²) in [4.78, 5) is 0. The van der Waals surface area contributed by atoms with E-state index in [0.717, 1.165) is 28.3 Å². The van der Waals surface area contributed by atoms with Crippen molar-refractivity contribution in [2.75, 3.05) is 6.61 Å². The van der Waals surface area contributed by atoms with Crippen LogP contribution in [0.4, 0.5) is 0 Å². The van der Waals surface area contributed by atoms with Crippen LogP contribution in [0.15, 0.2) is 48.5 Å². The molecular formula is C16H15ClO2. The molecule has 0 amide bonds. The molecule has 3 rings (SSSR count). The predicted molar refractivity (Wildman–Crippen MR) is 75.5 cm³/mol. The summed E-state index contributed by atoms with van der Waals surface area (Å²) >= 11 is 5.88. The van der Waals surface area contributed by atoms with Gasteiger partial charge >= 0.3 is 0 Å². The Morgan fingerprint density at radius 2 is 1.84 bits per heavy atom. The number of benzene rings is 2. The number of aliphatic hydroxyl groups is 1. The zero-order valence-electron chi connectivity index (χ0n) is 10.4. The third kappa shape index (κ3) is 2.60. The Bertz CT molecular complexity index is 565. The van der Waals surface area contributed by atoms with Gasteiger partial charge in [0.05, 0.1) is 12.7 Å². The van der Waals surface area contributed by atoms with Crippen LogP contribution in [0.3, 0.4) is 0 Å². The van der Waals surface area contributed by atoms with Gasteiger partial charge in [0.1, 0.15) is 5.75 Å². The van der Waals surface area contributed by atoms with E-state index in [1.807, 2.05) is 48.5 Å². The molecular weight excluding hydrogens is 260 g/mol. The topological polar surface area (TPSA) is 29.5 Å². The van der Waals surface area contributed by atoms with E-state index in [1.165, 1.54) is 0 Å². The fraction of sp³-hybridized carbons (Fsp3) is 0.250. The Morgan fingerprint density at radius 3 is 2.63 bits per heavy atom. The molecule has 2 atom stereocenters. The first-order valence-electron chi connectivity index (χ1n) is 6.38. The molecule has 98 valence electrons. The highest BCUT2D eigenvalue weighted by Crippen LogP contribution is 2.36. The average Bonchev–Trinajstić information content (AvgIpc) is 2.45. The van der Waals surface area contributed by atoms with Gasteiger partial charge in [-0.15, -0.1) is 0 Å². The summed E-state index contributed by atoms with van der Waals surface area (Å²) in [7, 11) is 0. The lowest BCUT2D eigenvalue weighted by Crippen LogP contribution is -2.27. The van der Waals surface area contributed by atoms with Crippen LogP contribution in [0.25, 0.3) is 0 Å². The first-order valence-corrected chi connectivity index (χ1v) is 6.76. The molecule has 2 nitrogen and oxygen atoms in total. The molecule has 2 aromatic rings. The summed E-state index contributed by atoms with van der Waals surface area (Å²) in [6.07, 6.45) is 0.313. The van der Waals surface area contributed by atoms with Gasteiger partial charge in [0.2, 0.25) is 0 Å². The van der Waals surface area contributed by atoms with Crippen LogP contribution in [-0.2, 0) is 6.42 Å². The number of ether oxygens (including phenoxy) is 1. The van der Waals surface area contributed by atoms with Crippen LogP contribution in [0.2, 0.25) is 5.02 Å². The van der Waals surface area contributed by atoms with Crippen molar-refractivity contribution < 1.29 is 9.84 Å². The summed E-state index contributed by atoms with van der Waals surface area (Å²) in [5, 5.41) is 11.2. The Balaban J connectivity index is 1.79. The molecule has 0 spiro atoms. The van der Waals surface area contributed by atoms with Gasteiger partial charge in [-0.2, -0.15) is 0 Å². The van der Waals surface area contributed by atoms with E-state index < -0.39 is 6.10 Å². The highest BCUT2D eigenvalue weighted by Gasteiger charge is 2.28. The average molecular weight is 275 g/mol. The summed E-state index contributed by atoms with van der Waals surface area (Å²) < 4.78 is 5.72. The summed E-state index contributed by atoms with van der Waals surface area (Å²) in [5.74, 6) is 0.874. The molecule has 2 aromatic carbocycles. The van der Waals surface area contributed by atoms with Crippen LogP contribution in [0, 0.1) is 5.92 Å². The summed E-state index contributed by atoms with van der Waals surface area (Å²) in [6.45, 7) is 0.542. The first kappa shape index (κ1) is 12.5. The number of para-hydroxylation sites is 1. The lowest BCUT2D eigenvalue weighted by molar-refractivity contribution is 0.0508.